The molecule has 3 aromatic rings. The molecule has 0 fully saturated rings. The second kappa shape index (κ2) is 5.97. The number of fused-ring (bicyclic) bond motifs is 1. The molecule has 0 saturated carbocycles. The van der Waals surface area contributed by atoms with Gasteiger partial charge in [0.25, 0.3) is 5.91 Å². The van der Waals surface area contributed by atoms with Gasteiger partial charge in [0, 0.05) is 0 Å². The second-order valence-corrected chi connectivity index (χ2v) is 7.23. The molecule has 0 saturated heterocycles. The topological polar surface area (TPSA) is 104 Å². The number of hydrogen-bond donors (Lipinski definition) is 3. The average molecular weight is 344 g/mol. The van der Waals surface area contributed by atoms with Gasteiger partial charge in [-0.2, -0.15) is 0 Å². The van der Waals surface area contributed by atoms with Crippen molar-refractivity contribution in [2.45, 2.75) is 6.92 Å². The standard InChI is InChI=1S/C16H16N4O3S/c1-10-6-7-12(20-24(2,22)23)11(8-10)16(21)19-14-5-3-4-13-15(14)18-9-17-13/h3-9,20H,1-2H3,(H,17,18)(H,19,21). The van der Waals surface area contributed by atoms with Crippen molar-refractivity contribution in [2.75, 3.05) is 16.3 Å². The van der Waals surface area contributed by atoms with E-state index in [4.69, 9.17) is 0 Å². The van der Waals surface area contributed by atoms with Crippen LogP contribution in [0.5, 0.6) is 0 Å². The van der Waals surface area contributed by atoms with Gasteiger partial charge in [0.15, 0.2) is 0 Å². The zero-order valence-electron chi connectivity index (χ0n) is 13.1. The smallest absolute Gasteiger partial charge is 0.257 e. The Labute approximate surface area is 139 Å². The van der Waals surface area contributed by atoms with Crippen molar-refractivity contribution in [3.63, 3.8) is 0 Å². The van der Waals surface area contributed by atoms with Crippen LogP contribution < -0.4 is 10.0 Å². The molecule has 0 aliphatic heterocycles. The number of imidazole rings is 1. The quantitative estimate of drug-likeness (QED) is 0.676. The maximum atomic E-state index is 12.7. The van der Waals surface area contributed by atoms with Crippen molar-refractivity contribution in [3.8, 4) is 0 Å². The number of hydrogen-bond acceptors (Lipinski definition) is 4. The molecule has 0 bridgehead atoms. The summed E-state index contributed by atoms with van der Waals surface area (Å²) in [5, 5.41) is 2.78. The van der Waals surface area contributed by atoms with E-state index in [9.17, 15) is 13.2 Å². The summed E-state index contributed by atoms with van der Waals surface area (Å²) in [4.78, 5) is 19.8. The summed E-state index contributed by atoms with van der Waals surface area (Å²) >= 11 is 0. The van der Waals surface area contributed by atoms with Gasteiger partial charge >= 0.3 is 0 Å². The molecule has 24 heavy (non-hydrogen) atoms. The number of para-hydroxylation sites is 1. The number of benzene rings is 2. The molecule has 0 radical (unpaired) electrons. The van der Waals surface area contributed by atoms with Gasteiger partial charge < -0.3 is 10.3 Å². The van der Waals surface area contributed by atoms with Crippen LogP contribution in [0.25, 0.3) is 11.0 Å². The highest BCUT2D eigenvalue weighted by Crippen LogP contribution is 2.23. The fourth-order valence-electron chi connectivity index (χ4n) is 2.39. The minimum Gasteiger partial charge on any atom is -0.345 e. The molecule has 1 heterocycles. The van der Waals surface area contributed by atoms with Crippen LogP contribution in [-0.4, -0.2) is 30.5 Å². The average Bonchev–Trinajstić information content (AvgIpc) is 2.97. The Bertz CT molecular complexity index is 1020. The Morgan fingerprint density at radius 3 is 2.71 bits per heavy atom. The number of H-pyrrole nitrogens is 1. The van der Waals surface area contributed by atoms with E-state index >= 15 is 0 Å². The number of nitrogens with zero attached hydrogens (tertiary/aromatic N) is 1. The van der Waals surface area contributed by atoms with Gasteiger partial charge in [-0.3, -0.25) is 9.52 Å². The van der Waals surface area contributed by atoms with Gasteiger partial charge in [0.2, 0.25) is 10.0 Å². The summed E-state index contributed by atoms with van der Waals surface area (Å²) in [6.45, 7) is 1.83. The number of amides is 1. The van der Waals surface area contributed by atoms with Gasteiger partial charge in [-0.05, 0) is 31.2 Å². The molecule has 0 aliphatic carbocycles. The summed E-state index contributed by atoms with van der Waals surface area (Å²) in [5.41, 5.74) is 3.30. The molecule has 0 atom stereocenters. The zero-order chi connectivity index (χ0) is 17.3. The molecule has 0 unspecified atom stereocenters. The number of aromatic amines is 1. The molecular weight excluding hydrogens is 328 g/mol. The van der Waals surface area contributed by atoms with Crippen LogP contribution in [0.4, 0.5) is 11.4 Å². The zero-order valence-corrected chi connectivity index (χ0v) is 13.9. The van der Waals surface area contributed by atoms with Crippen LogP contribution in [0.15, 0.2) is 42.7 Å². The summed E-state index contributed by atoms with van der Waals surface area (Å²) in [6, 6.07) is 10.3. The molecule has 2 aromatic carbocycles. The maximum absolute atomic E-state index is 12.7. The summed E-state index contributed by atoms with van der Waals surface area (Å²) in [7, 11) is -3.49. The summed E-state index contributed by atoms with van der Waals surface area (Å²) in [6.07, 6.45) is 2.59. The van der Waals surface area contributed by atoms with Crippen LogP contribution in [0.3, 0.4) is 0 Å². The van der Waals surface area contributed by atoms with Crippen molar-refractivity contribution >= 4 is 38.3 Å². The normalized spacial score (nSPS) is 11.4. The summed E-state index contributed by atoms with van der Waals surface area (Å²) < 4.78 is 25.4. The van der Waals surface area contributed by atoms with Gasteiger partial charge in [0.05, 0.1) is 35.0 Å². The Hall–Kier alpha value is -2.87. The first-order valence-electron chi connectivity index (χ1n) is 7.15. The van der Waals surface area contributed by atoms with E-state index in [0.29, 0.717) is 11.2 Å². The number of carbonyl (C=O) groups is 1. The predicted molar refractivity (Wildman–Crippen MR) is 93.7 cm³/mol. The minimum atomic E-state index is -3.49. The van der Waals surface area contributed by atoms with Crippen molar-refractivity contribution in [1.82, 2.24) is 9.97 Å². The number of anilines is 2. The third kappa shape index (κ3) is 3.38. The van der Waals surface area contributed by atoms with E-state index in [0.717, 1.165) is 17.3 Å². The minimum absolute atomic E-state index is 0.231. The summed E-state index contributed by atoms with van der Waals surface area (Å²) in [5.74, 6) is -0.416. The lowest BCUT2D eigenvalue weighted by Gasteiger charge is -2.12. The van der Waals surface area contributed by atoms with E-state index in [1.165, 1.54) is 0 Å². The number of nitrogens with one attached hydrogen (secondary N) is 3. The third-order valence-corrected chi connectivity index (χ3v) is 4.00. The molecular formula is C16H16N4O3S. The molecule has 124 valence electrons. The fourth-order valence-corrected chi connectivity index (χ4v) is 2.97. The number of sulfonamides is 1. The Morgan fingerprint density at radius 1 is 1.17 bits per heavy atom. The van der Waals surface area contributed by atoms with Crippen molar-refractivity contribution in [2.24, 2.45) is 0 Å². The Balaban J connectivity index is 1.98. The Morgan fingerprint density at radius 2 is 1.96 bits per heavy atom. The molecule has 3 rings (SSSR count). The number of aromatic nitrogens is 2. The van der Waals surface area contributed by atoms with E-state index in [1.54, 1.807) is 36.7 Å². The van der Waals surface area contributed by atoms with Gasteiger partial charge in [-0.15, -0.1) is 0 Å². The van der Waals surface area contributed by atoms with Crippen LogP contribution in [0.2, 0.25) is 0 Å². The van der Waals surface area contributed by atoms with E-state index < -0.39 is 15.9 Å². The van der Waals surface area contributed by atoms with Gasteiger partial charge in [-0.25, -0.2) is 13.4 Å². The SMILES string of the molecule is Cc1ccc(NS(C)(=O)=O)c(C(=O)Nc2cccc3[nH]cnc23)c1. The third-order valence-electron chi connectivity index (χ3n) is 3.41. The maximum Gasteiger partial charge on any atom is 0.257 e. The van der Waals surface area contributed by atoms with E-state index in [2.05, 4.69) is 20.0 Å². The molecule has 3 N–H and O–H groups in total. The first-order chi connectivity index (χ1) is 11.3. The molecule has 0 aliphatic rings. The molecule has 8 heteroatoms. The highest BCUT2D eigenvalue weighted by atomic mass is 32.2. The van der Waals surface area contributed by atoms with Crippen LogP contribution in [0.1, 0.15) is 15.9 Å². The lowest BCUT2D eigenvalue weighted by Crippen LogP contribution is -2.18. The largest absolute Gasteiger partial charge is 0.345 e. The first-order valence-corrected chi connectivity index (χ1v) is 9.04. The fraction of sp³-hybridized carbons (Fsp3) is 0.125. The van der Waals surface area contributed by atoms with Gasteiger partial charge in [-0.1, -0.05) is 17.7 Å². The van der Waals surface area contributed by atoms with Crippen molar-refractivity contribution < 1.29 is 13.2 Å². The van der Waals surface area contributed by atoms with E-state index in [-0.39, 0.29) is 11.3 Å². The first kappa shape index (κ1) is 16.0. The molecule has 1 aromatic heterocycles. The Kier molecular flexibility index (Phi) is 3.98. The van der Waals surface area contributed by atoms with Crippen molar-refractivity contribution in [3.05, 3.63) is 53.9 Å². The second-order valence-electron chi connectivity index (χ2n) is 5.48. The van der Waals surface area contributed by atoms with Crippen LogP contribution in [-0.2, 0) is 10.0 Å². The van der Waals surface area contributed by atoms with E-state index in [1.807, 2.05) is 13.0 Å². The van der Waals surface area contributed by atoms with Gasteiger partial charge in [0.1, 0.15) is 5.52 Å². The number of aryl methyl sites for hydroxylation is 1. The molecule has 0 spiro atoms. The van der Waals surface area contributed by atoms with Crippen molar-refractivity contribution in [1.29, 1.82) is 0 Å². The van der Waals surface area contributed by atoms with Crippen LogP contribution >= 0.6 is 0 Å². The highest BCUT2D eigenvalue weighted by Gasteiger charge is 2.16. The van der Waals surface area contributed by atoms with Crippen LogP contribution in [0, 0.1) is 6.92 Å². The number of carbonyl (C=O) groups excluding carboxylic acids is 1. The number of rotatable bonds is 4. The predicted octanol–water partition coefficient (Wildman–Crippen LogP) is 2.50. The lowest BCUT2D eigenvalue weighted by atomic mass is 10.1. The molecule has 1 amide bonds. The highest BCUT2D eigenvalue weighted by molar-refractivity contribution is 7.92. The molecule has 7 nitrogen and oxygen atoms in total. The monoisotopic (exact) mass is 344 g/mol. The lowest BCUT2D eigenvalue weighted by molar-refractivity contribution is 0.102.